The Morgan fingerprint density at radius 3 is 1.17 bits per heavy atom. The second-order valence-electron chi connectivity index (χ2n) is 21.7. The van der Waals surface area contributed by atoms with E-state index in [1.165, 1.54) is 43.6 Å². The van der Waals surface area contributed by atoms with E-state index in [0.717, 1.165) is 87.2 Å². The second kappa shape index (κ2) is 30.1. The molecule has 0 saturated carbocycles. The summed E-state index contributed by atoms with van der Waals surface area (Å²) in [5.41, 5.74) is 9.31. The molecule has 4 aromatic carbocycles. The lowest BCUT2D eigenvalue weighted by atomic mass is 10.1. The number of unbranched alkanes of at least 4 members (excludes halogenated alkanes) is 7. The van der Waals surface area contributed by atoms with Gasteiger partial charge in [0.2, 0.25) is 45.7 Å². The van der Waals surface area contributed by atoms with Crippen LogP contribution in [0.4, 0.5) is 22.7 Å². The summed E-state index contributed by atoms with van der Waals surface area (Å²) >= 11 is 0. The van der Waals surface area contributed by atoms with Crippen LogP contribution in [0.1, 0.15) is 109 Å². The SMILES string of the molecule is CN(C)c1ccc2cc3ccc(N(C)C)cc3[n+](CCCCCC(=O)NCCCCCNC(=O)C(CCCCNC(=O)CCCC(=O)O)NC(=O)CCCCC[n+]3c4cc(N(C)C)ccc4cc4ccc(N(C)C)cc43)c2c1. The smallest absolute Gasteiger partial charge is 0.303 e. The Kier molecular flexibility index (Phi) is 23.1. The number of hydrogen-bond donors (Lipinski definition) is 5. The number of nitrogens with zero attached hydrogens (tertiary/aromatic N) is 6. The molecular formula is C62H88N10O6+2. The molecule has 16 nitrogen and oxygen atoms in total. The quantitative estimate of drug-likeness (QED) is 0.0153. The van der Waals surface area contributed by atoms with Gasteiger partial charge in [0.1, 0.15) is 19.1 Å². The molecule has 1 atom stereocenters. The molecule has 0 aliphatic carbocycles. The Morgan fingerprint density at radius 2 is 0.769 bits per heavy atom. The van der Waals surface area contributed by atoms with Crippen LogP contribution in [0.5, 0.6) is 0 Å². The van der Waals surface area contributed by atoms with E-state index in [2.05, 4.69) is 191 Å². The zero-order valence-corrected chi connectivity index (χ0v) is 47.9. The molecule has 0 fully saturated rings. The summed E-state index contributed by atoms with van der Waals surface area (Å²) in [5, 5.41) is 25.6. The Labute approximate surface area is 462 Å². The second-order valence-corrected chi connectivity index (χ2v) is 21.7. The maximum absolute atomic E-state index is 13.6. The Morgan fingerprint density at radius 1 is 0.410 bits per heavy atom. The number of anilines is 4. The fraction of sp³-hybridized carbons (Fsp3) is 0.500. The van der Waals surface area contributed by atoms with Crippen LogP contribution in [0.25, 0.3) is 43.6 Å². The highest BCUT2D eigenvalue weighted by atomic mass is 16.4. The molecule has 2 heterocycles. The number of carboxylic acids is 1. The van der Waals surface area contributed by atoms with Crippen molar-refractivity contribution in [2.75, 3.05) is 95.6 Å². The molecule has 0 spiro atoms. The largest absolute Gasteiger partial charge is 0.481 e. The van der Waals surface area contributed by atoms with Crippen LogP contribution in [0.2, 0.25) is 0 Å². The van der Waals surface area contributed by atoms with E-state index in [0.29, 0.717) is 58.2 Å². The summed E-state index contributed by atoms with van der Waals surface area (Å²) in [6.45, 7) is 3.08. The number of nitrogens with one attached hydrogen (secondary N) is 4. The first-order chi connectivity index (χ1) is 37.5. The van der Waals surface area contributed by atoms with Crippen molar-refractivity contribution in [2.24, 2.45) is 0 Å². The third-order valence-electron chi connectivity index (χ3n) is 14.6. The summed E-state index contributed by atoms with van der Waals surface area (Å²) in [7, 11) is 16.5. The van der Waals surface area contributed by atoms with Gasteiger partial charge in [-0.2, -0.15) is 9.13 Å². The third kappa shape index (κ3) is 17.9. The fourth-order valence-corrected chi connectivity index (χ4v) is 10.0. The van der Waals surface area contributed by atoms with Crippen LogP contribution in [0, 0.1) is 0 Å². The first kappa shape index (κ1) is 60.0. The maximum Gasteiger partial charge on any atom is 0.303 e. The van der Waals surface area contributed by atoms with E-state index in [4.69, 9.17) is 5.11 Å². The molecule has 0 saturated heterocycles. The van der Waals surface area contributed by atoms with Crippen LogP contribution < -0.4 is 50.0 Å². The van der Waals surface area contributed by atoms with Gasteiger partial charge in [0.25, 0.3) is 0 Å². The van der Waals surface area contributed by atoms with E-state index >= 15 is 0 Å². The predicted octanol–water partition coefficient (Wildman–Crippen LogP) is 8.39. The highest BCUT2D eigenvalue weighted by Crippen LogP contribution is 2.28. The standard InChI is InChI=1S/C62H86N10O6/c1-67(2)49-30-26-45-39-46-27-31-50(68(3)4)42-55(46)71(54(45)41-49)37-18-9-12-22-58(73)63-34-15-11-16-36-65-62(78)53(21-14-17-35-64-59(74)24-20-25-61(76)77)66-60(75)23-13-10-19-38-72-56-43-51(69(5)6)32-28-47(56)40-48-29-33-52(70(7)8)44-57(48)72/h26-33,39-44,53H,9-25,34-38H2,1-8H3,(H3-2,63,64,65,66,73,74,75,76,77,78)/p+2. The number of fused-ring (bicyclic) bond motifs is 4. The lowest BCUT2D eigenvalue weighted by molar-refractivity contribution is -0.646. The monoisotopic (exact) mass is 1070 g/mol. The molecule has 0 aliphatic heterocycles. The van der Waals surface area contributed by atoms with Crippen molar-refractivity contribution < 1.29 is 38.2 Å². The van der Waals surface area contributed by atoms with Gasteiger partial charge >= 0.3 is 5.97 Å². The summed E-state index contributed by atoms with van der Waals surface area (Å²) in [6, 6.07) is 30.2. The minimum Gasteiger partial charge on any atom is -0.481 e. The molecule has 2 aromatic heterocycles. The predicted molar refractivity (Wildman–Crippen MR) is 318 cm³/mol. The Balaban J connectivity index is 0.928. The lowest BCUT2D eigenvalue weighted by Crippen LogP contribution is -2.47. The Bertz CT molecular complexity index is 2860. The van der Waals surface area contributed by atoms with E-state index in [1.807, 2.05) is 0 Å². The molecule has 5 N–H and O–H groups in total. The van der Waals surface area contributed by atoms with E-state index in [9.17, 15) is 24.0 Å². The summed E-state index contributed by atoms with van der Waals surface area (Å²) in [4.78, 5) is 71.4. The molecule has 6 aromatic rings. The number of carboxylic acid groups (broad SMARTS) is 1. The lowest BCUT2D eigenvalue weighted by Gasteiger charge is -2.19. The van der Waals surface area contributed by atoms with Crippen molar-refractivity contribution in [3.63, 3.8) is 0 Å². The Hall–Kier alpha value is -7.23. The van der Waals surface area contributed by atoms with Gasteiger partial charge < -0.3 is 46.0 Å². The number of carbonyl (C=O) groups is 5. The van der Waals surface area contributed by atoms with Gasteiger partial charge in [0, 0.05) is 183 Å². The van der Waals surface area contributed by atoms with Gasteiger partial charge in [0.05, 0.1) is 0 Å². The molecule has 420 valence electrons. The number of aryl methyl sites for hydroxylation is 2. The molecule has 6 rings (SSSR count). The van der Waals surface area contributed by atoms with Gasteiger partial charge in [0.15, 0.2) is 0 Å². The van der Waals surface area contributed by atoms with Gasteiger partial charge in [-0.25, -0.2) is 0 Å². The molecule has 4 amide bonds. The average molecular weight is 1070 g/mol. The summed E-state index contributed by atoms with van der Waals surface area (Å²) in [6.07, 6.45) is 10.2. The van der Waals surface area contributed by atoms with Crippen LogP contribution in [0.3, 0.4) is 0 Å². The van der Waals surface area contributed by atoms with Crippen molar-refractivity contribution in [3.05, 3.63) is 84.9 Å². The number of hydrogen-bond acceptors (Lipinski definition) is 9. The molecule has 0 aliphatic rings. The molecule has 0 bridgehead atoms. The van der Waals surface area contributed by atoms with Gasteiger partial charge in [-0.15, -0.1) is 0 Å². The zero-order chi connectivity index (χ0) is 56.1. The minimum absolute atomic E-state index is 0.0552. The first-order valence-corrected chi connectivity index (χ1v) is 28.3. The van der Waals surface area contributed by atoms with E-state index in [-0.39, 0.29) is 42.9 Å². The number of amides is 4. The van der Waals surface area contributed by atoms with Crippen molar-refractivity contribution in [2.45, 2.75) is 128 Å². The normalized spacial score (nSPS) is 11.7. The van der Waals surface area contributed by atoms with Crippen molar-refractivity contribution >= 4 is 96.0 Å². The van der Waals surface area contributed by atoms with Crippen LogP contribution >= 0.6 is 0 Å². The molecule has 78 heavy (non-hydrogen) atoms. The first-order valence-electron chi connectivity index (χ1n) is 28.3. The topological polar surface area (TPSA) is 174 Å². The number of aromatic nitrogens is 2. The molecule has 1 unspecified atom stereocenters. The highest BCUT2D eigenvalue weighted by molar-refractivity contribution is 5.93. The number of carbonyl (C=O) groups excluding carboxylic acids is 4. The fourth-order valence-electron chi connectivity index (χ4n) is 10.0. The number of pyridine rings is 2. The van der Waals surface area contributed by atoms with Gasteiger partial charge in [-0.1, -0.05) is 0 Å². The summed E-state index contributed by atoms with van der Waals surface area (Å²) < 4.78 is 4.83. The van der Waals surface area contributed by atoms with E-state index < -0.39 is 12.0 Å². The van der Waals surface area contributed by atoms with Gasteiger partial charge in [-0.05, 0) is 131 Å². The van der Waals surface area contributed by atoms with Crippen molar-refractivity contribution in [1.82, 2.24) is 21.3 Å². The zero-order valence-electron chi connectivity index (χ0n) is 47.9. The number of benzene rings is 4. The number of rotatable bonds is 33. The minimum atomic E-state index is -0.929. The molecule has 0 radical (unpaired) electrons. The maximum atomic E-state index is 13.6. The molecular weight excluding hydrogens is 981 g/mol. The van der Waals surface area contributed by atoms with Crippen LogP contribution in [-0.2, 0) is 37.1 Å². The average Bonchev–Trinajstić information content (AvgIpc) is 3.53. The van der Waals surface area contributed by atoms with Crippen molar-refractivity contribution in [3.8, 4) is 0 Å². The van der Waals surface area contributed by atoms with E-state index in [1.54, 1.807) is 0 Å². The van der Waals surface area contributed by atoms with Crippen LogP contribution in [0.15, 0.2) is 84.9 Å². The third-order valence-corrected chi connectivity index (χ3v) is 14.6. The van der Waals surface area contributed by atoms with Crippen molar-refractivity contribution in [1.29, 1.82) is 0 Å². The van der Waals surface area contributed by atoms with Crippen LogP contribution in [-0.4, -0.2) is 117 Å². The summed E-state index contributed by atoms with van der Waals surface area (Å²) in [5.74, 6) is -1.46. The molecule has 16 heteroatoms. The van der Waals surface area contributed by atoms with Gasteiger partial charge in [-0.3, -0.25) is 24.0 Å². The number of aliphatic carboxylic acids is 1. The highest BCUT2D eigenvalue weighted by Gasteiger charge is 2.22.